The van der Waals surface area contributed by atoms with E-state index in [4.69, 9.17) is 14.0 Å². The Hall–Kier alpha value is -1.47. The van der Waals surface area contributed by atoms with Crippen molar-refractivity contribution in [3.63, 3.8) is 0 Å². The van der Waals surface area contributed by atoms with E-state index in [1.807, 2.05) is 0 Å². The number of hydrogen-bond acceptors (Lipinski definition) is 7. The van der Waals surface area contributed by atoms with Crippen LogP contribution in [0.5, 0.6) is 0 Å². The molecule has 2 atom stereocenters. The van der Waals surface area contributed by atoms with E-state index >= 15 is 0 Å². The Kier molecular flexibility index (Phi) is 39.1. The minimum Gasteiger partial charge on any atom is -0.462 e. The molecule has 1 N–H and O–H groups in total. The average Bonchev–Trinajstić information content (AvgIpc) is 3.15. The normalized spacial score (nSPS) is 13.5. The van der Waals surface area contributed by atoms with Crippen LogP contribution in [0.25, 0.3) is 0 Å². The van der Waals surface area contributed by atoms with Crippen molar-refractivity contribution in [2.75, 3.05) is 20.3 Å². The van der Waals surface area contributed by atoms with Gasteiger partial charge in [0.25, 0.3) is 0 Å². The van der Waals surface area contributed by atoms with Crippen LogP contribution in [0, 0.1) is 0 Å². The third-order valence-electron chi connectivity index (χ3n) is 9.67. The number of carbonyl (C=O) groups excluding carboxylic acids is 2. The van der Waals surface area contributed by atoms with Crippen molar-refractivity contribution in [2.24, 2.45) is 0 Å². The first-order valence-corrected chi connectivity index (χ1v) is 23.5. The van der Waals surface area contributed by atoms with E-state index in [0.717, 1.165) is 64.9 Å². The fraction of sp³-hybridized carbons (Fsp3) is 0.864. The summed E-state index contributed by atoms with van der Waals surface area (Å²) < 4.78 is 32.0. The predicted octanol–water partition coefficient (Wildman–Crippen LogP) is 13.8. The van der Waals surface area contributed by atoms with Gasteiger partial charge in [-0.1, -0.05) is 167 Å². The number of unbranched alkanes of at least 4 members (excludes halogenated alkanes) is 26. The molecule has 0 aromatic rings. The summed E-state index contributed by atoms with van der Waals surface area (Å²) in [6.07, 6.45) is 45.1. The van der Waals surface area contributed by atoms with Gasteiger partial charge in [-0.2, -0.15) is 0 Å². The molecule has 0 rings (SSSR count). The minimum absolute atomic E-state index is 0.228. The molecule has 2 unspecified atom stereocenters. The van der Waals surface area contributed by atoms with Gasteiger partial charge in [0.15, 0.2) is 6.10 Å². The summed E-state index contributed by atoms with van der Waals surface area (Å²) in [7, 11) is -3.20. The van der Waals surface area contributed by atoms with Crippen LogP contribution in [0.15, 0.2) is 24.3 Å². The Bertz CT molecular complexity index is 921. The predicted molar refractivity (Wildman–Crippen MR) is 221 cm³/mol. The number of phosphoric ester groups is 1. The highest BCUT2D eigenvalue weighted by Crippen LogP contribution is 2.42. The molecule has 0 saturated carbocycles. The summed E-state index contributed by atoms with van der Waals surface area (Å²) in [6.45, 7) is 3.89. The molecule has 0 amide bonds. The quantitative estimate of drug-likeness (QED) is 0.0283. The molecule has 0 aliphatic heterocycles. The summed E-state index contributed by atoms with van der Waals surface area (Å²) in [4.78, 5) is 34.5. The monoisotopic (exact) mass is 771 g/mol. The van der Waals surface area contributed by atoms with Crippen molar-refractivity contribution in [2.45, 2.75) is 225 Å². The molecule has 0 spiro atoms. The van der Waals surface area contributed by atoms with Crippen molar-refractivity contribution in [3.8, 4) is 0 Å². The van der Waals surface area contributed by atoms with Crippen molar-refractivity contribution in [1.82, 2.24) is 0 Å². The fourth-order valence-corrected chi connectivity index (χ4v) is 6.70. The van der Waals surface area contributed by atoms with Crippen LogP contribution in [-0.2, 0) is 32.7 Å². The van der Waals surface area contributed by atoms with E-state index in [0.29, 0.717) is 6.42 Å². The van der Waals surface area contributed by atoms with Gasteiger partial charge < -0.3 is 14.4 Å². The highest BCUT2D eigenvalue weighted by Gasteiger charge is 2.24. The van der Waals surface area contributed by atoms with Gasteiger partial charge in [0.2, 0.25) is 0 Å². The number of carbonyl (C=O) groups is 2. The maximum Gasteiger partial charge on any atom is 0.472 e. The highest BCUT2D eigenvalue weighted by molar-refractivity contribution is 7.47. The first-order chi connectivity index (χ1) is 25.8. The topological polar surface area (TPSA) is 108 Å². The summed E-state index contributed by atoms with van der Waals surface area (Å²) in [5, 5.41) is 0. The zero-order chi connectivity index (χ0) is 38.9. The zero-order valence-corrected chi connectivity index (χ0v) is 35.6. The van der Waals surface area contributed by atoms with Gasteiger partial charge in [-0.3, -0.25) is 18.6 Å². The zero-order valence-electron chi connectivity index (χ0n) is 34.7. The molecule has 8 nitrogen and oxygen atoms in total. The summed E-state index contributed by atoms with van der Waals surface area (Å²) in [6, 6.07) is 0. The molecule has 0 bridgehead atoms. The van der Waals surface area contributed by atoms with Crippen molar-refractivity contribution < 1.29 is 37.6 Å². The second-order valence-electron chi connectivity index (χ2n) is 14.8. The second kappa shape index (κ2) is 40.2. The average molecular weight is 771 g/mol. The Morgan fingerprint density at radius 1 is 0.509 bits per heavy atom. The van der Waals surface area contributed by atoms with E-state index in [1.54, 1.807) is 0 Å². The number of phosphoric acid groups is 1. The Morgan fingerprint density at radius 3 is 1.23 bits per heavy atom. The SMILES string of the molecule is CCCCCCCCC/C=C\CCCCCCCCCC(=O)OC(COC(=O)CCCCCCC/C=C\CCCCCCCCC)COP(=O)(O)OC. The molecular weight excluding hydrogens is 687 g/mol. The summed E-state index contributed by atoms with van der Waals surface area (Å²) >= 11 is 0. The van der Waals surface area contributed by atoms with Gasteiger partial charge in [0.1, 0.15) is 6.61 Å². The Labute approximate surface area is 326 Å². The molecule has 0 aromatic heterocycles. The number of allylic oxidation sites excluding steroid dienone is 4. The summed E-state index contributed by atoms with van der Waals surface area (Å²) in [5.74, 6) is -0.812. The van der Waals surface area contributed by atoms with E-state index in [1.165, 1.54) is 128 Å². The summed E-state index contributed by atoms with van der Waals surface area (Å²) in [5.41, 5.74) is 0. The van der Waals surface area contributed by atoms with E-state index in [-0.39, 0.29) is 25.4 Å². The lowest BCUT2D eigenvalue weighted by Crippen LogP contribution is -2.29. The Morgan fingerprint density at radius 2 is 0.849 bits per heavy atom. The number of rotatable bonds is 41. The van der Waals surface area contributed by atoms with Crippen LogP contribution in [0.4, 0.5) is 0 Å². The molecule has 0 radical (unpaired) electrons. The van der Waals surface area contributed by atoms with Gasteiger partial charge in [-0.05, 0) is 64.2 Å². The molecule has 0 fully saturated rings. The van der Waals surface area contributed by atoms with Crippen LogP contribution >= 0.6 is 7.82 Å². The van der Waals surface area contributed by atoms with E-state index in [2.05, 4.69) is 42.7 Å². The molecule has 0 saturated heterocycles. The maximum absolute atomic E-state index is 12.5. The standard InChI is InChI=1S/C44H83O8P/c1-4-6-8-10-12-14-16-18-20-22-23-25-27-29-31-33-35-37-39-44(46)52-42(41-51-53(47,48)49-3)40-50-43(45)38-36-34-32-30-28-26-24-21-19-17-15-13-11-9-7-5-2/h20-22,24,42H,4-19,23,25-41H2,1-3H3,(H,47,48)/b22-20-,24-21-. The number of hydrogen-bond donors (Lipinski definition) is 1. The van der Waals surface area contributed by atoms with Gasteiger partial charge >= 0.3 is 19.8 Å². The first kappa shape index (κ1) is 51.5. The minimum atomic E-state index is -4.26. The third-order valence-corrected chi connectivity index (χ3v) is 10.6. The Balaban J connectivity index is 3.99. The number of esters is 2. The van der Waals surface area contributed by atoms with Crippen molar-refractivity contribution in [3.05, 3.63) is 24.3 Å². The molecular formula is C44H83O8P. The van der Waals surface area contributed by atoms with Crippen molar-refractivity contribution >= 4 is 19.8 Å². The van der Waals surface area contributed by atoms with Crippen LogP contribution in [0.2, 0.25) is 0 Å². The lowest BCUT2D eigenvalue weighted by atomic mass is 10.1. The van der Waals surface area contributed by atoms with Crippen molar-refractivity contribution in [1.29, 1.82) is 0 Å². The van der Waals surface area contributed by atoms with Crippen LogP contribution in [0.1, 0.15) is 219 Å². The molecule has 0 aliphatic carbocycles. The van der Waals surface area contributed by atoms with E-state index < -0.39 is 26.5 Å². The number of ether oxygens (including phenoxy) is 2. The lowest BCUT2D eigenvalue weighted by Gasteiger charge is -2.19. The molecule has 9 heteroatoms. The van der Waals surface area contributed by atoms with Gasteiger partial charge in [0, 0.05) is 20.0 Å². The van der Waals surface area contributed by atoms with E-state index in [9.17, 15) is 19.0 Å². The lowest BCUT2D eigenvalue weighted by molar-refractivity contribution is -0.161. The fourth-order valence-electron chi connectivity index (χ4n) is 6.24. The molecule has 0 aliphatic rings. The third kappa shape index (κ3) is 40.0. The second-order valence-corrected chi connectivity index (χ2v) is 16.4. The molecule has 0 aromatic carbocycles. The molecule has 0 heterocycles. The maximum atomic E-state index is 12.5. The first-order valence-electron chi connectivity index (χ1n) is 22.0. The van der Waals surface area contributed by atoms with Crippen LogP contribution in [0.3, 0.4) is 0 Å². The highest BCUT2D eigenvalue weighted by atomic mass is 31.2. The van der Waals surface area contributed by atoms with Gasteiger partial charge in [-0.15, -0.1) is 0 Å². The molecule has 53 heavy (non-hydrogen) atoms. The van der Waals surface area contributed by atoms with Gasteiger partial charge in [0.05, 0.1) is 6.61 Å². The largest absolute Gasteiger partial charge is 0.472 e. The van der Waals surface area contributed by atoms with Crippen LogP contribution < -0.4 is 0 Å². The van der Waals surface area contributed by atoms with Gasteiger partial charge in [-0.25, -0.2) is 4.57 Å². The van der Waals surface area contributed by atoms with Crippen LogP contribution in [-0.4, -0.2) is 43.3 Å². The smallest absolute Gasteiger partial charge is 0.462 e. The molecule has 312 valence electrons.